The van der Waals surface area contributed by atoms with Crippen molar-refractivity contribution in [3.63, 3.8) is 0 Å². The van der Waals surface area contributed by atoms with Gasteiger partial charge >= 0.3 is 0 Å². The molecule has 2 N–H and O–H groups in total. The average Bonchev–Trinajstić information content (AvgIpc) is 2.22. The first-order chi connectivity index (χ1) is 7.16. The molecule has 0 fully saturated rings. The maximum absolute atomic E-state index is 13.7. The molecule has 0 spiro atoms. The van der Waals surface area contributed by atoms with Gasteiger partial charge in [-0.2, -0.15) is 0 Å². The minimum atomic E-state index is -0.156. The molecule has 0 bridgehead atoms. The average molecular weight is 209 g/mol. The molecule has 0 aliphatic rings. The van der Waals surface area contributed by atoms with E-state index < -0.39 is 0 Å². The quantitative estimate of drug-likeness (QED) is 0.735. The van der Waals surface area contributed by atoms with E-state index in [9.17, 15) is 4.39 Å². The minimum Gasteiger partial charge on any atom is -0.324 e. The largest absolute Gasteiger partial charge is 0.324 e. The molecule has 0 aliphatic heterocycles. The van der Waals surface area contributed by atoms with Gasteiger partial charge in [-0.3, -0.25) is 0 Å². The number of aryl methyl sites for hydroxylation is 1. The molecule has 1 rings (SSSR count). The Morgan fingerprint density at radius 1 is 1.33 bits per heavy atom. The SMILES string of the molecule is CCCCCC(N)c1cccc(C)c1F. The molecule has 0 aromatic heterocycles. The number of halogens is 1. The van der Waals surface area contributed by atoms with Crippen molar-refractivity contribution in [1.29, 1.82) is 0 Å². The Morgan fingerprint density at radius 2 is 2.07 bits per heavy atom. The van der Waals surface area contributed by atoms with Crippen molar-refractivity contribution in [2.24, 2.45) is 5.73 Å². The second-order valence-electron chi connectivity index (χ2n) is 4.08. The van der Waals surface area contributed by atoms with Gasteiger partial charge in [-0.15, -0.1) is 0 Å². The Bertz CT molecular complexity index is 309. The third kappa shape index (κ3) is 3.31. The van der Waals surface area contributed by atoms with Crippen LogP contribution in [0.1, 0.15) is 49.8 Å². The van der Waals surface area contributed by atoms with E-state index in [0.717, 1.165) is 12.8 Å². The number of nitrogens with two attached hydrogens (primary N) is 1. The van der Waals surface area contributed by atoms with E-state index in [4.69, 9.17) is 5.73 Å². The molecule has 0 saturated heterocycles. The Labute approximate surface area is 91.5 Å². The standard InChI is InChI=1S/C13H20FN/c1-3-4-5-9-12(15)11-8-6-7-10(2)13(11)14/h6-8,12H,3-5,9,15H2,1-2H3. The Balaban J connectivity index is 2.65. The zero-order valence-electron chi connectivity index (χ0n) is 9.59. The van der Waals surface area contributed by atoms with Crippen molar-refractivity contribution in [3.05, 3.63) is 35.1 Å². The minimum absolute atomic E-state index is 0.138. The highest BCUT2D eigenvalue weighted by Gasteiger charge is 2.11. The number of unbranched alkanes of at least 4 members (excludes halogenated alkanes) is 2. The molecule has 1 aromatic carbocycles. The third-order valence-electron chi connectivity index (χ3n) is 2.74. The van der Waals surface area contributed by atoms with E-state index in [1.54, 1.807) is 19.1 Å². The summed E-state index contributed by atoms with van der Waals surface area (Å²) in [5, 5.41) is 0. The van der Waals surface area contributed by atoms with Gasteiger partial charge in [-0.25, -0.2) is 4.39 Å². The highest BCUT2D eigenvalue weighted by Crippen LogP contribution is 2.22. The molecule has 84 valence electrons. The van der Waals surface area contributed by atoms with Gasteiger partial charge in [0.05, 0.1) is 0 Å². The number of rotatable bonds is 5. The Hall–Kier alpha value is -0.890. The molecule has 1 aromatic rings. The molecular formula is C13H20FN. The molecule has 0 radical (unpaired) electrons. The molecule has 1 atom stereocenters. The first-order valence-electron chi connectivity index (χ1n) is 5.67. The molecule has 1 unspecified atom stereocenters. The van der Waals surface area contributed by atoms with Crippen LogP contribution in [-0.2, 0) is 0 Å². The lowest BCUT2D eigenvalue weighted by atomic mass is 9.99. The molecule has 1 nitrogen and oxygen atoms in total. The van der Waals surface area contributed by atoms with E-state index in [-0.39, 0.29) is 11.9 Å². The predicted octanol–water partition coefficient (Wildman–Crippen LogP) is 3.71. The summed E-state index contributed by atoms with van der Waals surface area (Å²) in [7, 11) is 0. The maximum atomic E-state index is 13.7. The summed E-state index contributed by atoms with van der Waals surface area (Å²) < 4.78 is 13.7. The number of benzene rings is 1. The van der Waals surface area contributed by atoms with Gasteiger partial charge in [-0.05, 0) is 18.9 Å². The molecule has 0 amide bonds. The lowest BCUT2D eigenvalue weighted by Gasteiger charge is -2.13. The zero-order chi connectivity index (χ0) is 11.3. The number of hydrogen-bond acceptors (Lipinski definition) is 1. The first-order valence-corrected chi connectivity index (χ1v) is 5.67. The zero-order valence-corrected chi connectivity index (χ0v) is 9.59. The van der Waals surface area contributed by atoms with E-state index in [0.29, 0.717) is 11.1 Å². The second-order valence-corrected chi connectivity index (χ2v) is 4.08. The molecular weight excluding hydrogens is 189 g/mol. The van der Waals surface area contributed by atoms with E-state index in [1.807, 2.05) is 6.07 Å². The Kier molecular flexibility index (Phi) is 4.76. The van der Waals surface area contributed by atoms with Gasteiger partial charge in [0.15, 0.2) is 0 Å². The maximum Gasteiger partial charge on any atom is 0.130 e. The van der Waals surface area contributed by atoms with Crippen LogP contribution in [0.2, 0.25) is 0 Å². The Morgan fingerprint density at radius 3 is 2.73 bits per heavy atom. The second kappa shape index (κ2) is 5.86. The number of hydrogen-bond donors (Lipinski definition) is 1. The topological polar surface area (TPSA) is 26.0 Å². The monoisotopic (exact) mass is 209 g/mol. The van der Waals surface area contributed by atoms with Crippen molar-refractivity contribution in [1.82, 2.24) is 0 Å². The highest BCUT2D eigenvalue weighted by molar-refractivity contribution is 5.27. The summed E-state index contributed by atoms with van der Waals surface area (Å²) in [5.74, 6) is -0.138. The summed E-state index contributed by atoms with van der Waals surface area (Å²) in [6.45, 7) is 3.93. The van der Waals surface area contributed by atoms with Gasteiger partial charge in [-0.1, -0.05) is 44.4 Å². The predicted molar refractivity (Wildman–Crippen MR) is 62.2 cm³/mol. The van der Waals surface area contributed by atoms with Gasteiger partial charge in [0, 0.05) is 11.6 Å². The lowest BCUT2D eigenvalue weighted by Crippen LogP contribution is -2.12. The molecule has 0 aliphatic carbocycles. The fourth-order valence-electron chi connectivity index (χ4n) is 1.73. The fraction of sp³-hybridized carbons (Fsp3) is 0.538. The fourth-order valence-corrected chi connectivity index (χ4v) is 1.73. The van der Waals surface area contributed by atoms with Crippen molar-refractivity contribution < 1.29 is 4.39 Å². The molecule has 0 heterocycles. The highest BCUT2D eigenvalue weighted by atomic mass is 19.1. The molecule has 0 saturated carbocycles. The third-order valence-corrected chi connectivity index (χ3v) is 2.74. The van der Waals surface area contributed by atoms with Gasteiger partial charge in [0.25, 0.3) is 0 Å². The molecule has 15 heavy (non-hydrogen) atoms. The van der Waals surface area contributed by atoms with Crippen molar-refractivity contribution in [2.45, 2.75) is 45.6 Å². The first kappa shape index (κ1) is 12.2. The summed E-state index contributed by atoms with van der Waals surface area (Å²) in [5.41, 5.74) is 7.30. The van der Waals surface area contributed by atoms with Crippen LogP contribution < -0.4 is 5.73 Å². The summed E-state index contributed by atoms with van der Waals surface area (Å²) in [6.07, 6.45) is 4.28. The van der Waals surface area contributed by atoms with Crippen molar-refractivity contribution >= 4 is 0 Å². The van der Waals surface area contributed by atoms with Crippen LogP contribution in [0.15, 0.2) is 18.2 Å². The van der Waals surface area contributed by atoms with E-state index >= 15 is 0 Å². The normalized spacial score (nSPS) is 12.8. The van der Waals surface area contributed by atoms with Crippen LogP contribution in [0, 0.1) is 12.7 Å². The van der Waals surface area contributed by atoms with Crippen LogP contribution in [0.5, 0.6) is 0 Å². The van der Waals surface area contributed by atoms with Crippen molar-refractivity contribution in [3.8, 4) is 0 Å². The van der Waals surface area contributed by atoms with Crippen LogP contribution >= 0.6 is 0 Å². The van der Waals surface area contributed by atoms with Crippen LogP contribution in [0.25, 0.3) is 0 Å². The van der Waals surface area contributed by atoms with Crippen LogP contribution in [-0.4, -0.2) is 0 Å². The van der Waals surface area contributed by atoms with Crippen LogP contribution in [0.4, 0.5) is 4.39 Å². The van der Waals surface area contributed by atoms with Gasteiger partial charge < -0.3 is 5.73 Å². The van der Waals surface area contributed by atoms with Gasteiger partial charge in [0.2, 0.25) is 0 Å². The summed E-state index contributed by atoms with van der Waals surface area (Å²) in [4.78, 5) is 0. The molecule has 2 heteroatoms. The van der Waals surface area contributed by atoms with Crippen LogP contribution in [0.3, 0.4) is 0 Å². The van der Waals surface area contributed by atoms with E-state index in [1.165, 1.54) is 12.8 Å². The summed E-state index contributed by atoms with van der Waals surface area (Å²) in [6, 6.07) is 5.28. The van der Waals surface area contributed by atoms with Crippen molar-refractivity contribution in [2.75, 3.05) is 0 Å². The van der Waals surface area contributed by atoms with Gasteiger partial charge in [0.1, 0.15) is 5.82 Å². The summed E-state index contributed by atoms with van der Waals surface area (Å²) >= 11 is 0. The van der Waals surface area contributed by atoms with E-state index in [2.05, 4.69) is 6.92 Å². The smallest absolute Gasteiger partial charge is 0.130 e. The lowest BCUT2D eigenvalue weighted by molar-refractivity contribution is 0.535.